The van der Waals surface area contributed by atoms with Crippen molar-refractivity contribution in [2.24, 2.45) is 0 Å². The smallest absolute Gasteiger partial charge is 0.223 e. The van der Waals surface area contributed by atoms with E-state index in [-0.39, 0.29) is 11.9 Å². The zero-order valence-corrected chi connectivity index (χ0v) is 17.4. The first-order chi connectivity index (χ1) is 14.2. The van der Waals surface area contributed by atoms with Crippen LogP contribution in [0.5, 0.6) is 11.5 Å². The van der Waals surface area contributed by atoms with Crippen LogP contribution < -0.4 is 9.47 Å². The molecule has 4 rings (SSSR count). The first-order valence-corrected chi connectivity index (χ1v) is 10.6. The minimum atomic E-state index is -0.0779. The second-order valence-corrected chi connectivity index (χ2v) is 7.94. The molecule has 6 heteroatoms. The number of amides is 1. The summed E-state index contributed by atoms with van der Waals surface area (Å²) in [6.45, 7) is 0.546. The third-order valence-corrected chi connectivity index (χ3v) is 6.15. The lowest BCUT2D eigenvalue weighted by molar-refractivity contribution is -0.137. The van der Waals surface area contributed by atoms with E-state index in [4.69, 9.17) is 9.47 Å². The van der Waals surface area contributed by atoms with Crippen LogP contribution in [0.25, 0.3) is 10.6 Å². The summed E-state index contributed by atoms with van der Waals surface area (Å²) in [7, 11) is 3.32. The number of piperidine rings is 1. The van der Waals surface area contributed by atoms with Crippen LogP contribution in [0.2, 0.25) is 0 Å². The maximum absolute atomic E-state index is 12.9. The van der Waals surface area contributed by atoms with Gasteiger partial charge in [-0.05, 0) is 36.6 Å². The van der Waals surface area contributed by atoms with Gasteiger partial charge < -0.3 is 14.4 Å². The number of benzene rings is 2. The third-order valence-electron chi connectivity index (χ3n) is 5.32. The molecule has 150 valence electrons. The minimum absolute atomic E-state index is 0.0779. The van der Waals surface area contributed by atoms with Gasteiger partial charge in [-0.2, -0.15) is 0 Å². The average molecular weight is 409 g/mol. The molecule has 0 bridgehead atoms. The van der Waals surface area contributed by atoms with Crippen LogP contribution in [0.15, 0.2) is 54.0 Å². The lowest BCUT2D eigenvalue weighted by atomic mass is 9.92. The zero-order chi connectivity index (χ0) is 20.2. The third kappa shape index (κ3) is 3.98. The largest absolute Gasteiger partial charge is 0.496 e. The van der Waals surface area contributed by atoms with Crippen LogP contribution in [0.4, 0.5) is 0 Å². The second-order valence-electron chi connectivity index (χ2n) is 7.04. The summed E-state index contributed by atoms with van der Waals surface area (Å²) in [6.07, 6.45) is 4.12. The Kier molecular flexibility index (Phi) is 5.81. The Hall–Kier alpha value is -2.86. The van der Waals surface area contributed by atoms with Crippen LogP contribution in [0.3, 0.4) is 0 Å². The molecule has 1 aliphatic heterocycles. The molecule has 0 spiro atoms. The zero-order valence-electron chi connectivity index (χ0n) is 16.6. The molecule has 5 nitrogen and oxygen atoms in total. The van der Waals surface area contributed by atoms with Crippen molar-refractivity contribution in [2.45, 2.75) is 31.8 Å². The van der Waals surface area contributed by atoms with Crippen molar-refractivity contribution < 1.29 is 14.3 Å². The molecule has 2 heterocycles. The van der Waals surface area contributed by atoms with Crippen molar-refractivity contribution in [3.8, 4) is 22.1 Å². The number of carbonyl (C=O) groups excluding carboxylic acids is 1. The number of hydrogen-bond donors (Lipinski definition) is 0. The van der Waals surface area contributed by atoms with E-state index in [0.29, 0.717) is 13.0 Å². The van der Waals surface area contributed by atoms with E-state index in [1.165, 1.54) is 0 Å². The van der Waals surface area contributed by atoms with E-state index in [0.717, 1.165) is 46.0 Å². The van der Waals surface area contributed by atoms with Gasteiger partial charge in [0.15, 0.2) is 0 Å². The predicted molar refractivity (Wildman–Crippen MR) is 114 cm³/mol. The fourth-order valence-electron chi connectivity index (χ4n) is 3.99. The van der Waals surface area contributed by atoms with Crippen LogP contribution in [0.1, 0.15) is 36.4 Å². The van der Waals surface area contributed by atoms with Crippen molar-refractivity contribution in [3.05, 3.63) is 65.2 Å². The Morgan fingerprint density at radius 3 is 2.59 bits per heavy atom. The lowest BCUT2D eigenvalue weighted by Crippen LogP contribution is -2.38. The SMILES string of the molecule is COc1cccc(OC)c1C1CCCC(=O)N1Cc1cccc(-c2nccs2)c1. The molecule has 0 aliphatic carbocycles. The highest BCUT2D eigenvalue weighted by Crippen LogP contribution is 2.42. The molecule has 3 aromatic rings. The standard InChI is InChI=1S/C23H24N2O3S/c1-27-19-9-5-10-20(28-2)22(19)18-8-4-11-21(26)25(18)15-16-6-3-7-17(14-16)23-24-12-13-29-23/h3,5-7,9-10,12-14,18H,4,8,11,15H2,1-2H3. The molecule has 1 atom stereocenters. The lowest BCUT2D eigenvalue weighted by Gasteiger charge is -2.37. The summed E-state index contributed by atoms with van der Waals surface area (Å²) < 4.78 is 11.2. The molecule has 1 fully saturated rings. The molecule has 0 saturated carbocycles. The number of aromatic nitrogens is 1. The average Bonchev–Trinajstić information content (AvgIpc) is 3.30. The maximum Gasteiger partial charge on any atom is 0.223 e. The Morgan fingerprint density at radius 1 is 1.14 bits per heavy atom. The summed E-state index contributed by atoms with van der Waals surface area (Å²) >= 11 is 1.61. The fourth-order valence-corrected chi connectivity index (χ4v) is 4.63. The normalized spacial score (nSPS) is 16.7. The quantitative estimate of drug-likeness (QED) is 0.571. The molecule has 0 N–H and O–H groups in total. The number of carbonyl (C=O) groups is 1. The monoisotopic (exact) mass is 408 g/mol. The number of rotatable bonds is 6. The Bertz CT molecular complexity index is 965. The Labute approximate surface area is 174 Å². The first kappa shape index (κ1) is 19.5. The van der Waals surface area contributed by atoms with E-state index >= 15 is 0 Å². The highest BCUT2D eigenvalue weighted by atomic mass is 32.1. The molecule has 1 unspecified atom stereocenters. The number of methoxy groups -OCH3 is 2. The van der Waals surface area contributed by atoms with Gasteiger partial charge in [0.1, 0.15) is 16.5 Å². The van der Waals surface area contributed by atoms with Crippen molar-refractivity contribution in [3.63, 3.8) is 0 Å². The molecule has 0 radical (unpaired) electrons. The minimum Gasteiger partial charge on any atom is -0.496 e. The van der Waals surface area contributed by atoms with Crippen molar-refractivity contribution in [1.29, 1.82) is 0 Å². The second kappa shape index (κ2) is 8.66. The summed E-state index contributed by atoms with van der Waals surface area (Å²) in [6, 6.07) is 14.0. The summed E-state index contributed by atoms with van der Waals surface area (Å²) in [5.74, 6) is 1.67. The summed E-state index contributed by atoms with van der Waals surface area (Å²) in [4.78, 5) is 19.3. The van der Waals surface area contributed by atoms with Gasteiger partial charge in [-0.1, -0.05) is 24.3 Å². The van der Waals surface area contributed by atoms with E-state index < -0.39 is 0 Å². The van der Waals surface area contributed by atoms with Crippen LogP contribution in [-0.4, -0.2) is 30.0 Å². The van der Waals surface area contributed by atoms with E-state index in [1.54, 1.807) is 25.6 Å². The number of hydrogen-bond acceptors (Lipinski definition) is 5. The van der Waals surface area contributed by atoms with Crippen LogP contribution in [0, 0.1) is 0 Å². The number of likely N-dealkylation sites (tertiary alicyclic amines) is 1. The van der Waals surface area contributed by atoms with Gasteiger partial charge in [0.25, 0.3) is 0 Å². The van der Waals surface area contributed by atoms with Crippen molar-refractivity contribution >= 4 is 17.2 Å². The van der Waals surface area contributed by atoms with Gasteiger partial charge >= 0.3 is 0 Å². The van der Waals surface area contributed by atoms with Crippen molar-refractivity contribution in [1.82, 2.24) is 9.88 Å². The maximum atomic E-state index is 12.9. The summed E-state index contributed by atoms with van der Waals surface area (Å²) in [5, 5.41) is 2.96. The van der Waals surface area contributed by atoms with Gasteiger partial charge in [0, 0.05) is 30.1 Å². The van der Waals surface area contributed by atoms with E-state index in [2.05, 4.69) is 23.2 Å². The van der Waals surface area contributed by atoms with Gasteiger partial charge in [-0.15, -0.1) is 11.3 Å². The summed E-state index contributed by atoms with van der Waals surface area (Å²) in [5.41, 5.74) is 3.11. The highest BCUT2D eigenvalue weighted by molar-refractivity contribution is 7.13. The number of nitrogens with zero attached hydrogens (tertiary/aromatic N) is 2. The van der Waals surface area contributed by atoms with E-state index in [1.807, 2.05) is 40.7 Å². The topological polar surface area (TPSA) is 51.7 Å². The number of ether oxygens (including phenoxy) is 2. The molecule has 1 aromatic heterocycles. The Balaban J connectivity index is 1.69. The molecule has 2 aromatic carbocycles. The predicted octanol–water partition coefficient (Wildman–Crippen LogP) is 5.08. The molecule has 1 saturated heterocycles. The molecule has 29 heavy (non-hydrogen) atoms. The fraction of sp³-hybridized carbons (Fsp3) is 0.304. The van der Waals surface area contributed by atoms with Gasteiger partial charge in [0.05, 0.1) is 25.8 Å². The molecular formula is C23H24N2O3S. The number of thiazole rings is 1. The first-order valence-electron chi connectivity index (χ1n) is 9.70. The van der Waals surface area contributed by atoms with Crippen molar-refractivity contribution in [2.75, 3.05) is 14.2 Å². The molecule has 1 amide bonds. The van der Waals surface area contributed by atoms with Crippen LogP contribution >= 0.6 is 11.3 Å². The highest BCUT2D eigenvalue weighted by Gasteiger charge is 2.33. The molecular weight excluding hydrogens is 384 g/mol. The van der Waals surface area contributed by atoms with Gasteiger partial charge in [-0.25, -0.2) is 4.98 Å². The van der Waals surface area contributed by atoms with Gasteiger partial charge in [0.2, 0.25) is 5.91 Å². The van der Waals surface area contributed by atoms with E-state index in [9.17, 15) is 4.79 Å². The van der Waals surface area contributed by atoms with Gasteiger partial charge in [-0.3, -0.25) is 4.79 Å². The van der Waals surface area contributed by atoms with Crippen LogP contribution in [-0.2, 0) is 11.3 Å². The Morgan fingerprint density at radius 2 is 1.90 bits per heavy atom. The molecule has 1 aliphatic rings.